The fourth-order valence-electron chi connectivity index (χ4n) is 1.95. The first-order valence-corrected chi connectivity index (χ1v) is 5.63. The molecule has 18 heavy (non-hydrogen) atoms. The molecule has 3 rings (SSSR count). The van der Waals surface area contributed by atoms with Crippen molar-refractivity contribution in [3.05, 3.63) is 36.4 Å². The van der Waals surface area contributed by atoms with Gasteiger partial charge in [0.05, 0.1) is 41.8 Å². The fourth-order valence-corrected chi connectivity index (χ4v) is 1.95. The maximum atomic E-state index is 12.0. The van der Waals surface area contributed by atoms with E-state index in [0.717, 1.165) is 11.4 Å². The highest BCUT2D eigenvalue weighted by Crippen LogP contribution is 2.13. The number of rotatable bonds is 2. The standard InChI is InChI=1S/C11H12N6O/c18-11(17-7-2-12-5-13-3-7)9-1-8-10(4-14-9)16-6-15-8/h2-3,5-6,9,14H,1,4H2,(H,15,16)(H,17,18). The van der Waals surface area contributed by atoms with Crippen molar-refractivity contribution in [1.82, 2.24) is 25.3 Å². The van der Waals surface area contributed by atoms with Crippen molar-refractivity contribution in [2.24, 2.45) is 0 Å². The third-order valence-corrected chi connectivity index (χ3v) is 2.87. The molecular formula is C11H12N6O. The minimum absolute atomic E-state index is 0.0987. The van der Waals surface area contributed by atoms with E-state index in [1.807, 2.05) is 0 Å². The van der Waals surface area contributed by atoms with Crippen LogP contribution in [0.15, 0.2) is 25.0 Å². The van der Waals surface area contributed by atoms with E-state index in [0.29, 0.717) is 18.7 Å². The molecule has 0 bridgehead atoms. The Labute approximate surface area is 103 Å². The van der Waals surface area contributed by atoms with Gasteiger partial charge in [-0.05, 0) is 0 Å². The first-order chi connectivity index (χ1) is 8.83. The van der Waals surface area contributed by atoms with E-state index >= 15 is 0 Å². The first-order valence-electron chi connectivity index (χ1n) is 5.63. The van der Waals surface area contributed by atoms with Gasteiger partial charge in [-0.2, -0.15) is 0 Å². The van der Waals surface area contributed by atoms with Gasteiger partial charge in [-0.25, -0.2) is 15.0 Å². The number of carbonyl (C=O) groups excluding carboxylic acids is 1. The predicted molar refractivity (Wildman–Crippen MR) is 63.6 cm³/mol. The van der Waals surface area contributed by atoms with Crippen molar-refractivity contribution in [1.29, 1.82) is 0 Å². The van der Waals surface area contributed by atoms with Crippen molar-refractivity contribution in [3.8, 4) is 0 Å². The van der Waals surface area contributed by atoms with Gasteiger partial charge in [0.25, 0.3) is 0 Å². The second kappa shape index (κ2) is 4.53. The van der Waals surface area contributed by atoms with Crippen LogP contribution in [0.3, 0.4) is 0 Å². The van der Waals surface area contributed by atoms with Crippen LogP contribution in [0.5, 0.6) is 0 Å². The highest BCUT2D eigenvalue weighted by atomic mass is 16.2. The minimum atomic E-state index is -0.277. The topological polar surface area (TPSA) is 95.6 Å². The molecule has 7 heteroatoms. The summed E-state index contributed by atoms with van der Waals surface area (Å²) in [6.07, 6.45) is 6.78. The number of fused-ring (bicyclic) bond motifs is 1. The summed E-state index contributed by atoms with van der Waals surface area (Å²) in [6.45, 7) is 0.624. The monoisotopic (exact) mass is 244 g/mol. The van der Waals surface area contributed by atoms with Gasteiger partial charge >= 0.3 is 0 Å². The quantitative estimate of drug-likeness (QED) is 0.683. The molecule has 1 atom stereocenters. The maximum Gasteiger partial charge on any atom is 0.242 e. The van der Waals surface area contributed by atoms with Gasteiger partial charge in [0.2, 0.25) is 5.91 Å². The average molecular weight is 244 g/mol. The van der Waals surface area contributed by atoms with Crippen LogP contribution in [0.2, 0.25) is 0 Å². The molecule has 0 spiro atoms. The molecule has 7 nitrogen and oxygen atoms in total. The predicted octanol–water partition coefficient (Wildman–Crippen LogP) is -0.147. The maximum absolute atomic E-state index is 12.0. The molecule has 0 fully saturated rings. The van der Waals surface area contributed by atoms with Crippen LogP contribution in [0, 0.1) is 0 Å². The Balaban J connectivity index is 1.68. The molecule has 1 unspecified atom stereocenters. The van der Waals surface area contributed by atoms with Crippen molar-refractivity contribution in [3.63, 3.8) is 0 Å². The van der Waals surface area contributed by atoms with Gasteiger partial charge in [0.1, 0.15) is 6.33 Å². The third kappa shape index (κ3) is 2.07. The Morgan fingerprint density at radius 2 is 2.22 bits per heavy atom. The zero-order valence-corrected chi connectivity index (χ0v) is 9.55. The Morgan fingerprint density at radius 3 is 3.06 bits per heavy atom. The van der Waals surface area contributed by atoms with Crippen molar-refractivity contribution < 1.29 is 4.79 Å². The number of aromatic nitrogens is 4. The number of hydrogen-bond donors (Lipinski definition) is 3. The second-order valence-corrected chi connectivity index (χ2v) is 4.08. The van der Waals surface area contributed by atoms with Gasteiger partial charge in [0.15, 0.2) is 0 Å². The Kier molecular flexibility index (Phi) is 2.73. The molecule has 0 aromatic carbocycles. The average Bonchev–Trinajstić information content (AvgIpc) is 2.87. The Hall–Kier alpha value is -2.28. The number of H-pyrrole nitrogens is 1. The molecule has 0 aliphatic carbocycles. The molecular weight excluding hydrogens is 232 g/mol. The first kappa shape index (κ1) is 10.8. The molecule has 92 valence electrons. The summed E-state index contributed by atoms with van der Waals surface area (Å²) in [5.41, 5.74) is 2.58. The number of amides is 1. The van der Waals surface area contributed by atoms with Crippen LogP contribution in [-0.4, -0.2) is 31.9 Å². The van der Waals surface area contributed by atoms with Crippen LogP contribution >= 0.6 is 0 Å². The molecule has 1 aliphatic rings. The summed E-state index contributed by atoms with van der Waals surface area (Å²) in [6, 6.07) is -0.277. The van der Waals surface area contributed by atoms with Crippen LogP contribution in [0.25, 0.3) is 0 Å². The lowest BCUT2D eigenvalue weighted by Gasteiger charge is -2.22. The molecule has 2 aromatic heterocycles. The number of carbonyl (C=O) groups is 1. The second-order valence-electron chi connectivity index (χ2n) is 4.08. The van der Waals surface area contributed by atoms with Crippen LogP contribution < -0.4 is 10.6 Å². The summed E-state index contributed by atoms with van der Waals surface area (Å²) in [5, 5.41) is 5.93. The van der Waals surface area contributed by atoms with Gasteiger partial charge in [-0.1, -0.05) is 0 Å². The molecule has 0 saturated carbocycles. The van der Waals surface area contributed by atoms with Crippen molar-refractivity contribution in [2.75, 3.05) is 5.32 Å². The molecule has 2 aromatic rings. The molecule has 1 aliphatic heterocycles. The summed E-state index contributed by atoms with van der Waals surface area (Å²) in [5.74, 6) is -0.0987. The van der Waals surface area contributed by atoms with Crippen molar-refractivity contribution >= 4 is 11.6 Å². The van der Waals surface area contributed by atoms with Crippen LogP contribution in [0.4, 0.5) is 5.69 Å². The summed E-state index contributed by atoms with van der Waals surface area (Å²) in [4.78, 5) is 27.0. The van der Waals surface area contributed by atoms with E-state index < -0.39 is 0 Å². The number of anilines is 1. The summed E-state index contributed by atoms with van der Waals surface area (Å²) >= 11 is 0. The largest absolute Gasteiger partial charge is 0.347 e. The number of hydrogen-bond acceptors (Lipinski definition) is 5. The third-order valence-electron chi connectivity index (χ3n) is 2.87. The van der Waals surface area contributed by atoms with Gasteiger partial charge in [-0.15, -0.1) is 0 Å². The number of aromatic amines is 1. The van der Waals surface area contributed by atoms with Gasteiger partial charge in [0, 0.05) is 13.0 Å². The van der Waals surface area contributed by atoms with Crippen LogP contribution in [0.1, 0.15) is 11.4 Å². The lowest BCUT2D eigenvalue weighted by molar-refractivity contribution is -0.118. The summed E-state index contributed by atoms with van der Waals surface area (Å²) in [7, 11) is 0. The van der Waals surface area contributed by atoms with Crippen LogP contribution in [-0.2, 0) is 17.8 Å². The Bertz CT molecular complexity index is 552. The van der Waals surface area contributed by atoms with Gasteiger partial charge in [-0.3, -0.25) is 10.1 Å². The number of nitrogens with zero attached hydrogens (tertiary/aromatic N) is 3. The van der Waals surface area contributed by atoms with Gasteiger partial charge < -0.3 is 10.3 Å². The molecule has 0 radical (unpaired) electrons. The summed E-state index contributed by atoms with van der Waals surface area (Å²) < 4.78 is 0. The van der Waals surface area contributed by atoms with Crippen molar-refractivity contribution in [2.45, 2.75) is 19.0 Å². The Morgan fingerprint density at radius 1 is 1.39 bits per heavy atom. The van der Waals surface area contributed by atoms with E-state index in [1.165, 1.54) is 6.33 Å². The number of imidazole rings is 1. The molecule has 1 amide bonds. The zero-order valence-electron chi connectivity index (χ0n) is 9.55. The van der Waals surface area contributed by atoms with E-state index in [2.05, 4.69) is 30.6 Å². The lowest BCUT2D eigenvalue weighted by Crippen LogP contribution is -2.44. The molecule has 3 heterocycles. The molecule has 3 N–H and O–H groups in total. The normalized spacial score (nSPS) is 18.1. The van der Waals surface area contributed by atoms with E-state index in [4.69, 9.17) is 0 Å². The number of nitrogens with one attached hydrogen (secondary N) is 3. The minimum Gasteiger partial charge on any atom is -0.347 e. The zero-order chi connectivity index (χ0) is 12.4. The highest BCUT2D eigenvalue weighted by Gasteiger charge is 2.25. The fraction of sp³-hybridized carbons (Fsp3) is 0.273. The van der Waals surface area contributed by atoms with E-state index in [9.17, 15) is 4.79 Å². The SMILES string of the molecule is O=C(Nc1cncnc1)C1Cc2nc[nH]c2CN1. The smallest absolute Gasteiger partial charge is 0.242 e. The highest BCUT2D eigenvalue weighted by molar-refractivity contribution is 5.94. The van der Waals surface area contributed by atoms with E-state index in [-0.39, 0.29) is 11.9 Å². The lowest BCUT2D eigenvalue weighted by atomic mass is 10.0. The van der Waals surface area contributed by atoms with E-state index in [1.54, 1.807) is 18.7 Å². The molecule has 0 saturated heterocycles.